The van der Waals surface area contributed by atoms with E-state index < -0.39 is 5.97 Å². The topological polar surface area (TPSA) is 92.0 Å². The number of methoxy groups -OCH3 is 1. The van der Waals surface area contributed by atoms with Crippen LogP contribution in [0.15, 0.2) is 45.7 Å². The van der Waals surface area contributed by atoms with Crippen LogP contribution in [0, 0.1) is 0 Å². The fourth-order valence-corrected chi connectivity index (χ4v) is 4.86. The van der Waals surface area contributed by atoms with Gasteiger partial charge in [-0.05, 0) is 70.4 Å². The van der Waals surface area contributed by atoms with Gasteiger partial charge in [-0.1, -0.05) is 31.1 Å². The lowest BCUT2D eigenvalue weighted by Crippen LogP contribution is -2.23. The lowest BCUT2D eigenvalue weighted by Gasteiger charge is -2.10. The van der Waals surface area contributed by atoms with Crippen molar-refractivity contribution in [3.8, 4) is 28.6 Å². The molecule has 182 valence electrons. The number of fused-ring (bicyclic) bond motifs is 1. The Balaban J connectivity index is 1.59. The highest BCUT2D eigenvalue weighted by molar-refractivity contribution is 9.10. The molecule has 2 aromatic heterocycles. The molecule has 0 unspecified atom stereocenters. The van der Waals surface area contributed by atoms with Crippen LogP contribution in [-0.2, 0) is 4.79 Å². The normalized spacial score (nSPS) is 11.7. The van der Waals surface area contributed by atoms with E-state index in [2.05, 4.69) is 32.9 Å². The first-order chi connectivity index (χ1) is 16.9. The number of hydrogen-bond donors (Lipinski definition) is 0. The summed E-state index contributed by atoms with van der Waals surface area (Å²) in [6.45, 7) is 4.17. The van der Waals surface area contributed by atoms with E-state index in [0.717, 1.165) is 30.6 Å². The van der Waals surface area contributed by atoms with E-state index >= 15 is 0 Å². The molecule has 2 heterocycles. The van der Waals surface area contributed by atoms with Crippen molar-refractivity contribution in [2.75, 3.05) is 13.7 Å². The van der Waals surface area contributed by atoms with Crippen LogP contribution in [0.2, 0.25) is 0 Å². The number of ether oxygens (including phenoxy) is 3. The summed E-state index contributed by atoms with van der Waals surface area (Å²) in [6, 6.07) is 11.0. The van der Waals surface area contributed by atoms with Crippen LogP contribution in [0.3, 0.4) is 0 Å². The second-order valence-corrected chi connectivity index (χ2v) is 9.62. The van der Waals surface area contributed by atoms with E-state index in [1.807, 2.05) is 24.3 Å². The molecule has 4 aromatic rings. The van der Waals surface area contributed by atoms with E-state index in [0.29, 0.717) is 37.7 Å². The van der Waals surface area contributed by atoms with Crippen LogP contribution in [0.1, 0.15) is 38.7 Å². The monoisotopic (exact) mass is 557 g/mol. The number of rotatable bonds is 9. The summed E-state index contributed by atoms with van der Waals surface area (Å²) >= 11 is 4.64. The minimum atomic E-state index is -0.460. The zero-order valence-corrected chi connectivity index (χ0v) is 21.9. The highest BCUT2D eigenvalue weighted by Crippen LogP contribution is 2.37. The van der Waals surface area contributed by atoms with Crippen molar-refractivity contribution in [3.05, 3.63) is 61.3 Å². The molecule has 0 fully saturated rings. The highest BCUT2D eigenvalue weighted by atomic mass is 79.9. The van der Waals surface area contributed by atoms with Crippen molar-refractivity contribution in [3.63, 3.8) is 0 Å². The number of hydrogen-bond acceptors (Lipinski definition) is 8. The first kappa shape index (κ1) is 24.9. The first-order valence-corrected chi connectivity index (χ1v) is 12.7. The van der Waals surface area contributed by atoms with Crippen molar-refractivity contribution in [2.45, 2.75) is 33.1 Å². The second-order valence-electron chi connectivity index (χ2n) is 7.75. The number of aromatic nitrogens is 3. The zero-order chi connectivity index (χ0) is 24.9. The molecule has 0 aliphatic carbocycles. The molecule has 2 aromatic carbocycles. The maximum atomic E-state index is 13.0. The second kappa shape index (κ2) is 11.0. The van der Waals surface area contributed by atoms with E-state index in [4.69, 9.17) is 14.2 Å². The summed E-state index contributed by atoms with van der Waals surface area (Å²) in [5, 5.41) is 4.41. The standard InChI is InChI=1S/C25H24BrN3O5S/c1-4-5-6-11-33-18-9-7-17(8-10-18)23-27-25-29(28-23)24(31)21(35-25)14-16-12-19(26)22(34-15(2)30)20(13-16)32-3/h7-10,12-14H,4-6,11H2,1-3H3. The molecule has 0 bridgehead atoms. The van der Waals surface area contributed by atoms with E-state index in [1.165, 1.54) is 29.9 Å². The van der Waals surface area contributed by atoms with Crippen molar-refractivity contribution < 1.29 is 19.0 Å². The number of halogens is 1. The van der Waals surface area contributed by atoms with Gasteiger partial charge in [0.15, 0.2) is 17.3 Å². The quantitative estimate of drug-likeness (QED) is 0.168. The maximum Gasteiger partial charge on any atom is 0.308 e. The Morgan fingerprint density at radius 3 is 2.63 bits per heavy atom. The molecule has 0 aliphatic heterocycles. The minimum absolute atomic E-state index is 0.265. The summed E-state index contributed by atoms with van der Waals surface area (Å²) < 4.78 is 18.6. The van der Waals surface area contributed by atoms with Crippen molar-refractivity contribution in [1.82, 2.24) is 14.6 Å². The Kier molecular flexibility index (Phi) is 7.82. The third-order valence-corrected chi connectivity index (χ3v) is 6.65. The third-order valence-electron chi connectivity index (χ3n) is 5.11. The number of thiazole rings is 1. The molecule has 10 heteroatoms. The molecule has 0 saturated heterocycles. The Morgan fingerprint density at radius 1 is 1.20 bits per heavy atom. The predicted octanol–water partition coefficient (Wildman–Crippen LogP) is 4.63. The average molecular weight is 558 g/mol. The smallest absolute Gasteiger partial charge is 0.308 e. The lowest BCUT2D eigenvalue weighted by molar-refractivity contribution is -0.132. The van der Waals surface area contributed by atoms with Gasteiger partial charge in [0.1, 0.15) is 5.75 Å². The fraction of sp³-hybridized carbons (Fsp3) is 0.280. The molecule has 8 nitrogen and oxygen atoms in total. The SMILES string of the molecule is CCCCCOc1ccc(-c2nc3sc(=Cc4cc(Br)c(OC(C)=O)c(OC)c4)c(=O)n3n2)cc1. The van der Waals surface area contributed by atoms with Gasteiger partial charge in [0.2, 0.25) is 4.96 Å². The summed E-state index contributed by atoms with van der Waals surface area (Å²) in [7, 11) is 1.48. The molecule has 0 saturated carbocycles. The highest BCUT2D eigenvalue weighted by Gasteiger charge is 2.15. The van der Waals surface area contributed by atoms with Crippen LogP contribution in [0.25, 0.3) is 22.4 Å². The van der Waals surface area contributed by atoms with E-state index in [-0.39, 0.29) is 11.3 Å². The molecule has 0 amide bonds. The molecule has 35 heavy (non-hydrogen) atoms. The number of esters is 1. The zero-order valence-electron chi connectivity index (χ0n) is 19.5. The molecular formula is C25H24BrN3O5S. The van der Waals surface area contributed by atoms with Gasteiger partial charge in [0, 0.05) is 12.5 Å². The summed E-state index contributed by atoms with van der Waals surface area (Å²) in [5.74, 6) is 1.47. The van der Waals surface area contributed by atoms with E-state index in [1.54, 1.807) is 18.2 Å². The van der Waals surface area contributed by atoms with Gasteiger partial charge in [-0.25, -0.2) is 0 Å². The Bertz CT molecular complexity index is 1460. The largest absolute Gasteiger partial charge is 0.494 e. The molecule has 0 aliphatic rings. The van der Waals surface area contributed by atoms with Crippen LogP contribution in [-0.4, -0.2) is 34.3 Å². The van der Waals surface area contributed by atoms with Gasteiger partial charge in [-0.2, -0.15) is 9.50 Å². The van der Waals surface area contributed by atoms with Gasteiger partial charge < -0.3 is 14.2 Å². The number of benzene rings is 2. The predicted molar refractivity (Wildman–Crippen MR) is 138 cm³/mol. The minimum Gasteiger partial charge on any atom is -0.494 e. The molecule has 0 atom stereocenters. The summed E-state index contributed by atoms with van der Waals surface area (Å²) in [6.07, 6.45) is 5.05. The van der Waals surface area contributed by atoms with Gasteiger partial charge in [0.25, 0.3) is 5.56 Å². The van der Waals surface area contributed by atoms with Crippen LogP contribution in [0.5, 0.6) is 17.2 Å². The number of carbonyl (C=O) groups is 1. The number of nitrogens with zero attached hydrogens (tertiary/aromatic N) is 3. The van der Waals surface area contributed by atoms with Crippen LogP contribution in [0.4, 0.5) is 0 Å². The van der Waals surface area contributed by atoms with E-state index in [9.17, 15) is 9.59 Å². The summed E-state index contributed by atoms with van der Waals surface area (Å²) in [5.41, 5.74) is 1.24. The number of carbonyl (C=O) groups excluding carboxylic acids is 1. The Morgan fingerprint density at radius 2 is 1.97 bits per heavy atom. The fourth-order valence-electron chi connectivity index (χ4n) is 3.42. The van der Waals surface area contributed by atoms with Crippen molar-refractivity contribution in [1.29, 1.82) is 0 Å². The molecule has 0 radical (unpaired) electrons. The maximum absolute atomic E-state index is 13.0. The van der Waals surface area contributed by atoms with Crippen molar-refractivity contribution in [2.24, 2.45) is 0 Å². The first-order valence-electron chi connectivity index (χ1n) is 11.1. The molecule has 4 rings (SSSR count). The van der Waals surface area contributed by atoms with Crippen molar-refractivity contribution >= 4 is 44.3 Å². The molecule has 0 N–H and O–H groups in total. The van der Waals surface area contributed by atoms with Gasteiger partial charge in [0.05, 0.1) is 22.7 Å². The average Bonchev–Trinajstić information content (AvgIpc) is 3.38. The van der Waals surface area contributed by atoms with Gasteiger partial charge in [-0.3, -0.25) is 9.59 Å². The molecule has 0 spiro atoms. The van der Waals surface area contributed by atoms with Crippen LogP contribution >= 0.6 is 27.3 Å². The van der Waals surface area contributed by atoms with Gasteiger partial charge in [-0.15, -0.1) is 5.10 Å². The van der Waals surface area contributed by atoms with Crippen LogP contribution < -0.4 is 24.3 Å². The summed E-state index contributed by atoms with van der Waals surface area (Å²) in [4.78, 5) is 29.4. The number of unbranched alkanes of at least 4 members (excludes halogenated alkanes) is 2. The Hall–Kier alpha value is -3.24. The van der Waals surface area contributed by atoms with Gasteiger partial charge >= 0.3 is 5.97 Å². The molecular weight excluding hydrogens is 534 g/mol. The lowest BCUT2D eigenvalue weighted by atomic mass is 10.2. The third kappa shape index (κ3) is 5.71. The Labute approximate surface area is 214 Å².